The van der Waals surface area contributed by atoms with E-state index in [4.69, 9.17) is 14.2 Å². The molecule has 0 amide bonds. The number of ether oxygens (including phenoxy) is 3. The van der Waals surface area contributed by atoms with Gasteiger partial charge in [-0.25, -0.2) is 0 Å². The van der Waals surface area contributed by atoms with Gasteiger partial charge in [0.25, 0.3) is 0 Å². The highest BCUT2D eigenvalue weighted by Gasteiger charge is 2.19. The van der Waals surface area contributed by atoms with Crippen molar-refractivity contribution >= 4 is 17.9 Å². The van der Waals surface area contributed by atoms with Crippen LogP contribution in [-0.2, 0) is 28.6 Å². The normalized spacial score (nSPS) is 11.9. The van der Waals surface area contributed by atoms with Crippen LogP contribution in [0.4, 0.5) is 0 Å². The van der Waals surface area contributed by atoms with Crippen LogP contribution in [0.15, 0.2) is 0 Å². The Labute approximate surface area is 355 Å². The maximum absolute atomic E-state index is 12.7. The molecule has 0 aromatic rings. The number of hydrogen-bond donors (Lipinski definition) is 0. The second kappa shape index (κ2) is 45.5. The zero-order chi connectivity index (χ0) is 41.7. The van der Waals surface area contributed by atoms with E-state index in [0.717, 1.165) is 63.7 Å². The van der Waals surface area contributed by atoms with E-state index < -0.39 is 6.10 Å². The summed E-state index contributed by atoms with van der Waals surface area (Å²) in [5, 5.41) is 0. The quantitative estimate of drug-likeness (QED) is 0.0346. The van der Waals surface area contributed by atoms with Crippen molar-refractivity contribution in [3.05, 3.63) is 0 Å². The summed E-state index contributed by atoms with van der Waals surface area (Å²) in [7, 11) is 0. The van der Waals surface area contributed by atoms with Gasteiger partial charge in [-0.2, -0.15) is 0 Å². The second-order valence-corrected chi connectivity index (χ2v) is 17.9. The molecule has 0 radical (unpaired) electrons. The van der Waals surface area contributed by atoms with E-state index in [1.54, 1.807) is 0 Å². The summed E-state index contributed by atoms with van der Waals surface area (Å²) in [5.74, 6) is -0.00640. The van der Waals surface area contributed by atoms with Crippen LogP contribution in [0.5, 0.6) is 0 Å². The molecule has 0 fully saturated rings. The van der Waals surface area contributed by atoms with Crippen molar-refractivity contribution in [2.75, 3.05) is 13.2 Å². The van der Waals surface area contributed by atoms with E-state index in [1.807, 2.05) is 0 Å². The van der Waals surface area contributed by atoms with Gasteiger partial charge < -0.3 is 14.2 Å². The molecule has 0 bridgehead atoms. The summed E-state index contributed by atoms with van der Waals surface area (Å²) >= 11 is 0. The fraction of sp³-hybridized carbons (Fsp3) is 0.941. The first-order valence-corrected chi connectivity index (χ1v) is 25.4. The number of esters is 3. The summed E-state index contributed by atoms with van der Waals surface area (Å²) in [6.07, 6.45) is 46.5. The summed E-state index contributed by atoms with van der Waals surface area (Å²) in [4.78, 5) is 37.9. The highest BCUT2D eigenvalue weighted by Crippen LogP contribution is 2.17. The molecule has 0 saturated carbocycles. The lowest BCUT2D eigenvalue weighted by Crippen LogP contribution is -2.30. The molecule has 0 saturated heterocycles. The van der Waals surface area contributed by atoms with Crippen molar-refractivity contribution in [3.63, 3.8) is 0 Å². The molecule has 6 heteroatoms. The van der Waals surface area contributed by atoms with Gasteiger partial charge in [0.2, 0.25) is 0 Å². The lowest BCUT2D eigenvalue weighted by Gasteiger charge is -2.18. The molecule has 0 unspecified atom stereocenters. The zero-order valence-corrected chi connectivity index (χ0v) is 38.8. The maximum atomic E-state index is 12.7. The van der Waals surface area contributed by atoms with Crippen LogP contribution in [0, 0.1) is 5.92 Å². The smallest absolute Gasteiger partial charge is 0.306 e. The summed E-state index contributed by atoms with van der Waals surface area (Å²) in [5.41, 5.74) is 0. The van der Waals surface area contributed by atoms with Crippen molar-refractivity contribution < 1.29 is 28.6 Å². The zero-order valence-electron chi connectivity index (χ0n) is 38.8. The van der Waals surface area contributed by atoms with Crippen LogP contribution in [0.1, 0.15) is 285 Å². The van der Waals surface area contributed by atoms with E-state index in [-0.39, 0.29) is 31.1 Å². The number of unbranched alkanes of at least 4 members (excludes halogenated alkanes) is 33. The van der Waals surface area contributed by atoms with Gasteiger partial charge in [-0.1, -0.05) is 246 Å². The molecule has 338 valence electrons. The van der Waals surface area contributed by atoms with Gasteiger partial charge in [0.05, 0.1) is 0 Å². The van der Waals surface area contributed by atoms with E-state index in [1.165, 1.54) is 180 Å². The fourth-order valence-electron chi connectivity index (χ4n) is 7.69. The van der Waals surface area contributed by atoms with E-state index >= 15 is 0 Å². The summed E-state index contributed by atoms with van der Waals surface area (Å²) in [6, 6.07) is 0. The highest BCUT2D eigenvalue weighted by molar-refractivity contribution is 5.71. The molecule has 0 aromatic carbocycles. The minimum atomic E-state index is -0.759. The van der Waals surface area contributed by atoms with Crippen molar-refractivity contribution in [2.24, 2.45) is 5.92 Å². The number of carbonyl (C=O) groups is 3. The molecule has 1 atom stereocenters. The molecular weight excluding hydrogens is 709 g/mol. The molecule has 0 aliphatic heterocycles. The van der Waals surface area contributed by atoms with Gasteiger partial charge in [0.1, 0.15) is 13.2 Å². The Kier molecular flexibility index (Phi) is 44.2. The predicted octanol–water partition coefficient (Wildman–Crippen LogP) is 16.3. The van der Waals surface area contributed by atoms with Crippen LogP contribution in [-0.4, -0.2) is 37.2 Å². The highest BCUT2D eigenvalue weighted by atomic mass is 16.6. The van der Waals surface area contributed by atoms with Gasteiger partial charge in [0, 0.05) is 19.3 Å². The van der Waals surface area contributed by atoms with Gasteiger partial charge in [-0.15, -0.1) is 0 Å². The summed E-state index contributed by atoms with van der Waals surface area (Å²) < 4.78 is 16.8. The Morgan fingerprint density at radius 1 is 0.333 bits per heavy atom. The predicted molar refractivity (Wildman–Crippen MR) is 243 cm³/mol. The lowest BCUT2D eigenvalue weighted by molar-refractivity contribution is -0.167. The Hall–Kier alpha value is -1.59. The van der Waals surface area contributed by atoms with Crippen LogP contribution in [0.25, 0.3) is 0 Å². The Bertz CT molecular complexity index is 857. The van der Waals surface area contributed by atoms with Crippen LogP contribution in [0.3, 0.4) is 0 Å². The molecule has 0 heterocycles. The third-order valence-electron chi connectivity index (χ3n) is 11.5. The molecule has 57 heavy (non-hydrogen) atoms. The molecule has 0 N–H and O–H groups in total. The number of hydrogen-bond acceptors (Lipinski definition) is 6. The number of carbonyl (C=O) groups excluding carboxylic acids is 3. The van der Waals surface area contributed by atoms with Crippen LogP contribution in [0.2, 0.25) is 0 Å². The van der Waals surface area contributed by atoms with E-state index in [0.29, 0.717) is 19.3 Å². The van der Waals surface area contributed by atoms with Gasteiger partial charge >= 0.3 is 17.9 Å². The Morgan fingerprint density at radius 3 is 0.860 bits per heavy atom. The molecule has 0 spiro atoms. The molecule has 6 nitrogen and oxygen atoms in total. The SMILES string of the molecule is CCCCCCCCCCCCCCC(=O)O[C@@H](COC(=O)CCCCCCCCCCCCC)COC(=O)CCCCCCCCCCCCCCCC(C)C. The van der Waals surface area contributed by atoms with Gasteiger partial charge in [-0.3, -0.25) is 14.4 Å². The van der Waals surface area contributed by atoms with E-state index in [2.05, 4.69) is 27.7 Å². The molecule has 0 rings (SSSR count). The average Bonchev–Trinajstić information content (AvgIpc) is 3.19. The average molecular weight is 807 g/mol. The van der Waals surface area contributed by atoms with Gasteiger partial charge in [0.15, 0.2) is 6.10 Å². The minimum absolute atomic E-state index is 0.0628. The standard InChI is InChI=1S/C51H98O6/c1-5-7-9-11-13-15-17-23-28-32-36-40-44-51(54)57-48(45-55-49(52)42-38-34-30-26-21-16-14-12-10-8-6-2)46-56-50(53)43-39-35-31-27-24-20-18-19-22-25-29-33-37-41-47(3)4/h47-48H,5-46H2,1-4H3/t48-/m0/s1. The van der Waals surface area contributed by atoms with Crippen molar-refractivity contribution in [3.8, 4) is 0 Å². The molecule has 0 aliphatic carbocycles. The monoisotopic (exact) mass is 807 g/mol. The molecule has 0 aliphatic rings. The van der Waals surface area contributed by atoms with Crippen molar-refractivity contribution in [1.82, 2.24) is 0 Å². The first-order valence-electron chi connectivity index (χ1n) is 25.4. The van der Waals surface area contributed by atoms with Gasteiger partial charge in [-0.05, 0) is 25.2 Å². The van der Waals surface area contributed by atoms with Crippen molar-refractivity contribution in [2.45, 2.75) is 291 Å². The third kappa shape index (κ3) is 45.3. The minimum Gasteiger partial charge on any atom is -0.462 e. The maximum Gasteiger partial charge on any atom is 0.306 e. The topological polar surface area (TPSA) is 78.9 Å². The largest absolute Gasteiger partial charge is 0.462 e. The first kappa shape index (κ1) is 55.4. The summed E-state index contributed by atoms with van der Waals surface area (Å²) in [6.45, 7) is 9.02. The third-order valence-corrected chi connectivity index (χ3v) is 11.5. The Morgan fingerprint density at radius 2 is 0.579 bits per heavy atom. The first-order chi connectivity index (χ1) is 27.9. The van der Waals surface area contributed by atoms with Crippen LogP contribution >= 0.6 is 0 Å². The Balaban J connectivity index is 4.28. The van der Waals surface area contributed by atoms with Crippen molar-refractivity contribution in [1.29, 1.82) is 0 Å². The second-order valence-electron chi connectivity index (χ2n) is 17.9. The molecule has 0 aromatic heterocycles. The fourth-order valence-corrected chi connectivity index (χ4v) is 7.69. The van der Waals surface area contributed by atoms with Crippen LogP contribution < -0.4 is 0 Å². The van der Waals surface area contributed by atoms with E-state index in [9.17, 15) is 14.4 Å². The number of rotatable bonds is 46. The molecular formula is C51H98O6. The lowest BCUT2D eigenvalue weighted by atomic mass is 10.0.